The summed E-state index contributed by atoms with van der Waals surface area (Å²) in [5.41, 5.74) is 5.53. The van der Waals surface area contributed by atoms with Gasteiger partial charge in [0, 0.05) is 47.0 Å². The SMILES string of the molecule is C[C@@H](Nc1c(C#N)cnc2c(Cl)cc(N[C@@H](c3ccc(Cl)cc3)c3cn(C4CCN(C(C)(C)C)CC4)nn3)cc12)c1ccccc1. The molecule has 0 radical (unpaired) electrons. The van der Waals surface area contributed by atoms with Crippen LogP contribution in [-0.4, -0.2) is 43.5 Å². The van der Waals surface area contributed by atoms with Crippen LogP contribution in [0.1, 0.15) is 81.0 Å². The first-order chi connectivity index (χ1) is 22.1. The van der Waals surface area contributed by atoms with Gasteiger partial charge in [0.1, 0.15) is 11.8 Å². The van der Waals surface area contributed by atoms with Crippen LogP contribution in [0.3, 0.4) is 0 Å². The zero-order valence-corrected chi connectivity index (χ0v) is 28.0. The maximum Gasteiger partial charge on any atom is 0.109 e. The van der Waals surface area contributed by atoms with Crippen LogP contribution in [-0.2, 0) is 0 Å². The van der Waals surface area contributed by atoms with Gasteiger partial charge in [0.2, 0.25) is 0 Å². The lowest BCUT2D eigenvalue weighted by atomic mass is 9.98. The number of hydrogen-bond acceptors (Lipinski definition) is 7. The van der Waals surface area contributed by atoms with Crippen LogP contribution in [0.2, 0.25) is 10.0 Å². The van der Waals surface area contributed by atoms with Crippen molar-refractivity contribution in [1.29, 1.82) is 5.26 Å². The third kappa shape index (κ3) is 6.82. The molecule has 3 heterocycles. The van der Waals surface area contributed by atoms with Gasteiger partial charge in [0.25, 0.3) is 0 Å². The van der Waals surface area contributed by atoms with E-state index >= 15 is 0 Å². The fraction of sp³-hybridized carbons (Fsp3) is 0.333. The number of likely N-dealkylation sites (tertiary alicyclic amines) is 1. The Labute approximate surface area is 280 Å². The Hall–Kier alpha value is -4.16. The highest BCUT2D eigenvalue weighted by Crippen LogP contribution is 2.37. The Morgan fingerprint density at radius 1 is 0.957 bits per heavy atom. The predicted molar refractivity (Wildman–Crippen MR) is 186 cm³/mol. The quantitative estimate of drug-likeness (QED) is 0.173. The Balaban J connectivity index is 1.34. The van der Waals surface area contributed by atoms with Gasteiger partial charge in [-0.2, -0.15) is 5.26 Å². The third-order valence-electron chi connectivity index (χ3n) is 8.83. The summed E-state index contributed by atoms with van der Waals surface area (Å²) in [7, 11) is 0. The van der Waals surface area contributed by atoms with Crippen LogP contribution in [0.4, 0.5) is 11.4 Å². The van der Waals surface area contributed by atoms with E-state index in [1.54, 1.807) is 6.20 Å². The number of piperidine rings is 1. The highest BCUT2D eigenvalue weighted by molar-refractivity contribution is 6.36. The molecule has 2 N–H and O–H groups in total. The molecular weight excluding hydrogens is 615 g/mol. The minimum absolute atomic E-state index is 0.0542. The second-order valence-electron chi connectivity index (χ2n) is 12.9. The van der Waals surface area contributed by atoms with Crippen molar-refractivity contribution in [3.63, 3.8) is 0 Å². The van der Waals surface area contributed by atoms with Crippen LogP contribution in [0, 0.1) is 11.3 Å². The standard InChI is InChI=1S/C36H38Cl2N8/c1-23(24-8-6-5-7-9-24)41-33-26(20-39)21-40-35-30(33)18-28(19-31(35)38)42-34(25-10-12-27(37)13-11-25)32-22-46(44-43-32)29-14-16-45(17-15-29)36(2,3)4/h5-13,18-19,21-23,29,34,42H,14-17H2,1-4H3,(H,40,41)/t23-,34+/m1/s1. The largest absolute Gasteiger partial charge is 0.377 e. The van der Waals surface area contributed by atoms with Crippen molar-refractivity contribution in [3.05, 3.63) is 112 Å². The fourth-order valence-corrected chi connectivity index (χ4v) is 6.57. The van der Waals surface area contributed by atoms with Crippen LogP contribution >= 0.6 is 23.2 Å². The molecule has 1 aliphatic rings. The number of pyridine rings is 1. The molecule has 0 aliphatic carbocycles. The number of fused-ring (bicyclic) bond motifs is 1. The summed E-state index contributed by atoms with van der Waals surface area (Å²) in [6.45, 7) is 10.9. The topological polar surface area (TPSA) is 94.7 Å². The monoisotopic (exact) mass is 652 g/mol. The van der Waals surface area contributed by atoms with Crippen molar-refractivity contribution in [2.75, 3.05) is 23.7 Å². The van der Waals surface area contributed by atoms with E-state index in [0.29, 0.717) is 26.8 Å². The minimum Gasteiger partial charge on any atom is -0.377 e. The first-order valence-corrected chi connectivity index (χ1v) is 16.4. The molecule has 0 unspecified atom stereocenters. The van der Waals surface area contributed by atoms with E-state index in [1.807, 2.05) is 59.3 Å². The average Bonchev–Trinajstić information content (AvgIpc) is 3.55. The van der Waals surface area contributed by atoms with Crippen molar-refractivity contribution < 1.29 is 0 Å². The molecule has 2 aromatic heterocycles. The Morgan fingerprint density at radius 2 is 1.67 bits per heavy atom. The Kier molecular flexibility index (Phi) is 9.19. The smallest absolute Gasteiger partial charge is 0.109 e. The number of rotatable bonds is 8. The van der Waals surface area contributed by atoms with E-state index in [-0.39, 0.29) is 23.7 Å². The van der Waals surface area contributed by atoms with Gasteiger partial charge in [-0.3, -0.25) is 9.88 Å². The van der Waals surface area contributed by atoms with Crippen LogP contribution in [0.15, 0.2) is 79.1 Å². The lowest BCUT2D eigenvalue weighted by Crippen LogP contribution is -2.46. The molecule has 0 spiro atoms. The number of halogens is 2. The predicted octanol–water partition coefficient (Wildman–Crippen LogP) is 8.81. The van der Waals surface area contributed by atoms with Crippen molar-refractivity contribution in [2.24, 2.45) is 0 Å². The molecule has 1 aliphatic heterocycles. The first kappa shape index (κ1) is 31.8. The van der Waals surface area contributed by atoms with Crippen molar-refractivity contribution in [2.45, 2.75) is 64.2 Å². The molecule has 8 nitrogen and oxygen atoms in total. The average molecular weight is 654 g/mol. The zero-order valence-electron chi connectivity index (χ0n) is 26.5. The molecule has 46 heavy (non-hydrogen) atoms. The molecule has 0 amide bonds. The zero-order chi connectivity index (χ0) is 32.4. The lowest BCUT2D eigenvalue weighted by Gasteiger charge is -2.40. The summed E-state index contributed by atoms with van der Waals surface area (Å²) in [4.78, 5) is 7.07. The first-order valence-electron chi connectivity index (χ1n) is 15.6. The molecule has 5 aromatic rings. The fourth-order valence-electron chi connectivity index (χ4n) is 6.18. The van der Waals surface area contributed by atoms with Crippen molar-refractivity contribution in [3.8, 4) is 6.07 Å². The molecule has 10 heteroatoms. The van der Waals surface area contributed by atoms with Gasteiger partial charge in [-0.15, -0.1) is 5.10 Å². The highest BCUT2D eigenvalue weighted by Gasteiger charge is 2.29. The van der Waals surface area contributed by atoms with Gasteiger partial charge in [-0.25, -0.2) is 4.68 Å². The number of benzene rings is 3. The maximum absolute atomic E-state index is 10.0. The molecule has 0 bridgehead atoms. The molecule has 0 saturated carbocycles. The summed E-state index contributed by atoms with van der Waals surface area (Å²) >= 11 is 13.1. The minimum atomic E-state index is -0.332. The van der Waals surface area contributed by atoms with Gasteiger partial charge < -0.3 is 10.6 Å². The normalized spacial score (nSPS) is 15.8. The van der Waals surface area contributed by atoms with Gasteiger partial charge in [-0.05, 0) is 75.9 Å². The van der Waals surface area contributed by atoms with Crippen LogP contribution in [0.5, 0.6) is 0 Å². The number of nitrogens with zero attached hydrogens (tertiary/aromatic N) is 6. The molecule has 3 aromatic carbocycles. The summed E-state index contributed by atoms with van der Waals surface area (Å²) in [6, 6.07) is 23.9. The number of nitrogens with one attached hydrogen (secondary N) is 2. The van der Waals surface area contributed by atoms with Gasteiger partial charge >= 0.3 is 0 Å². The van der Waals surface area contributed by atoms with E-state index in [2.05, 4.69) is 82.9 Å². The van der Waals surface area contributed by atoms with Crippen LogP contribution in [0.25, 0.3) is 10.9 Å². The van der Waals surface area contributed by atoms with E-state index in [4.69, 9.17) is 23.2 Å². The number of anilines is 2. The van der Waals surface area contributed by atoms with Crippen molar-refractivity contribution in [1.82, 2.24) is 24.9 Å². The van der Waals surface area contributed by atoms with E-state index in [1.165, 1.54) is 0 Å². The summed E-state index contributed by atoms with van der Waals surface area (Å²) in [6.07, 6.45) is 5.66. The van der Waals surface area contributed by atoms with Gasteiger partial charge in [0.05, 0.1) is 40.1 Å². The summed E-state index contributed by atoms with van der Waals surface area (Å²) in [5, 5.41) is 28.4. The summed E-state index contributed by atoms with van der Waals surface area (Å²) in [5.74, 6) is 0. The maximum atomic E-state index is 10.0. The van der Waals surface area contributed by atoms with E-state index in [9.17, 15) is 5.26 Å². The molecule has 2 atom stereocenters. The summed E-state index contributed by atoms with van der Waals surface area (Å²) < 4.78 is 2.02. The second-order valence-corrected chi connectivity index (χ2v) is 13.8. The van der Waals surface area contributed by atoms with E-state index in [0.717, 1.165) is 53.8 Å². The molecule has 1 fully saturated rings. The number of nitriles is 1. The van der Waals surface area contributed by atoms with Gasteiger partial charge in [0.15, 0.2) is 0 Å². The second kappa shape index (κ2) is 13.3. The Bertz CT molecular complexity index is 1850. The number of hydrogen-bond donors (Lipinski definition) is 2. The van der Waals surface area contributed by atoms with E-state index < -0.39 is 0 Å². The van der Waals surface area contributed by atoms with Crippen molar-refractivity contribution >= 4 is 45.5 Å². The Morgan fingerprint density at radius 3 is 2.35 bits per heavy atom. The molecular formula is C36H38Cl2N8. The molecule has 6 rings (SSSR count). The van der Waals surface area contributed by atoms with Crippen LogP contribution < -0.4 is 10.6 Å². The third-order valence-corrected chi connectivity index (χ3v) is 9.37. The molecule has 236 valence electrons. The van der Waals surface area contributed by atoms with Gasteiger partial charge in [-0.1, -0.05) is 70.9 Å². The highest BCUT2D eigenvalue weighted by atomic mass is 35.5. The molecule has 1 saturated heterocycles. The number of aromatic nitrogens is 4. The lowest BCUT2D eigenvalue weighted by molar-refractivity contribution is 0.0866.